The number of carbonyl (C=O) groups is 1. The maximum Gasteiger partial charge on any atom is 0.257 e. The highest BCUT2D eigenvalue weighted by molar-refractivity contribution is 7.22. The highest BCUT2D eigenvalue weighted by Crippen LogP contribution is 2.33. The van der Waals surface area contributed by atoms with Gasteiger partial charge in [0.25, 0.3) is 5.91 Å². The van der Waals surface area contributed by atoms with Crippen molar-refractivity contribution in [2.75, 3.05) is 11.1 Å². The number of anilines is 2. The van der Waals surface area contributed by atoms with Crippen LogP contribution in [0.3, 0.4) is 0 Å². The second-order valence-corrected chi connectivity index (χ2v) is 6.02. The lowest BCUT2D eigenvalue weighted by atomic mass is 10.1. The molecule has 0 aliphatic carbocycles. The van der Waals surface area contributed by atoms with Crippen molar-refractivity contribution in [2.45, 2.75) is 18.7 Å². The summed E-state index contributed by atoms with van der Waals surface area (Å²) in [5.74, 6) is -0.447. The Morgan fingerprint density at radius 1 is 1.44 bits per heavy atom. The summed E-state index contributed by atoms with van der Waals surface area (Å²) in [6, 6.07) is 1.83. The Morgan fingerprint density at radius 2 is 2.11 bits per heavy atom. The van der Waals surface area contributed by atoms with Gasteiger partial charge in [0.05, 0.1) is 10.2 Å². The standard InChI is InChI=1S/C11H11Cl2N3OS/c1-4-5(2)8-7(18-11(14)16-8)3-6(4)15-10(17)9(12)13/h3,9H,1-2H3,(H2,14,16)(H,15,17). The smallest absolute Gasteiger partial charge is 0.257 e. The Hall–Kier alpha value is -1.04. The molecule has 0 saturated heterocycles. The van der Waals surface area contributed by atoms with E-state index in [4.69, 9.17) is 28.9 Å². The molecule has 1 amide bonds. The zero-order valence-corrected chi connectivity index (χ0v) is 12.1. The summed E-state index contributed by atoms with van der Waals surface area (Å²) < 4.78 is 0.923. The molecule has 0 bridgehead atoms. The van der Waals surface area contributed by atoms with Gasteiger partial charge in [0.2, 0.25) is 0 Å². The van der Waals surface area contributed by atoms with Gasteiger partial charge >= 0.3 is 0 Å². The molecule has 1 heterocycles. The van der Waals surface area contributed by atoms with E-state index in [1.807, 2.05) is 19.9 Å². The minimum Gasteiger partial charge on any atom is -0.375 e. The van der Waals surface area contributed by atoms with E-state index in [2.05, 4.69) is 10.3 Å². The number of carbonyl (C=O) groups excluding carboxylic acids is 1. The number of nitrogen functional groups attached to an aromatic ring is 1. The largest absolute Gasteiger partial charge is 0.375 e. The number of nitrogens with one attached hydrogen (secondary N) is 1. The van der Waals surface area contributed by atoms with Crippen LogP contribution in [-0.2, 0) is 4.79 Å². The fourth-order valence-corrected chi connectivity index (χ4v) is 2.60. The average molecular weight is 304 g/mol. The van der Waals surface area contributed by atoms with E-state index in [0.717, 1.165) is 21.3 Å². The number of amides is 1. The molecule has 0 atom stereocenters. The van der Waals surface area contributed by atoms with Crippen molar-refractivity contribution >= 4 is 61.5 Å². The van der Waals surface area contributed by atoms with Gasteiger partial charge in [0.1, 0.15) is 0 Å². The van der Waals surface area contributed by atoms with Crippen molar-refractivity contribution < 1.29 is 4.79 Å². The first-order valence-electron chi connectivity index (χ1n) is 5.15. The Bertz CT molecular complexity index is 624. The van der Waals surface area contributed by atoms with Crippen LogP contribution in [0.5, 0.6) is 0 Å². The van der Waals surface area contributed by atoms with Crippen LogP contribution in [0.15, 0.2) is 6.07 Å². The first kappa shape index (κ1) is 13.4. The highest BCUT2D eigenvalue weighted by Gasteiger charge is 2.16. The van der Waals surface area contributed by atoms with Crippen LogP contribution in [0.1, 0.15) is 11.1 Å². The maximum absolute atomic E-state index is 11.5. The molecule has 7 heteroatoms. The zero-order chi connectivity index (χ0) is 13.4. The van der Waals surface area contributed by atoms with Crippen molar-refractivity contribution in [3.63, 3.8) is 0 Å². The average Bonchev–Trinajstić information content (AvgIpc) is 2.66. The number of hydrogen-bond donors (Lipinski definition) is 2. The number of aromatic nitrogens is 1. The number of halogens is 2. The lowest BCUT2D eigenvalue weighted by Gasteiger charge is -2.11. The number of rotatable bonds is 2. The molecule has 0 saturated carbocycles. The lowest BCUT2D eigenvalue weighted by Crippen LogP contribution is -2.19. The molecular formula is C11H11Cl2N3OS. The van der Waals surface area contributed by atoms with Crippen molar-refractivity contribution in [1.29, 1.82) is 0 Å². The van der Waals surface area contributed by atoms with Crippen molar-refractivity contribution in [2.24, 2.45) is 0 Å². The Kier molecular flexibility index (Phi) is 3.66. The van der Waals surface area contributed by atoms with Crippen molar-refractivity contribution in [3.05, 3.63) is 17.2 Å². The van der Waals surface area contributed by atoms with E-state index < -0.39 is 10.7 Å². The summed E-state index contributed by atoms with van der Waals surface area (Å²) in [5, 5.41) is 3.19. The molecule has 0 unspecified atom stereocenters. The third-order valence-electron chi connectivity index (χ3n) is 2.72. The zero-order valence-electron chi connectivity index (χ0n) is 9.75. The van der Waals surface area contributed by atoms with E-state index in [9.17, 15) is 4.79 Å². The predicted octanol–water partition coefficient (Wildman–Crippen LogP) is 3.24. The number of thiazole rings is 1. The third kappa shape index (κ3) is 2.39. The minimum atomic E-state index is -1.09. The molecule has 0 aliphatic heterocycles. The fraction of sp³-hybridized carbons (Fsp3) is 0.273. The van der Waals surface area contributed by atoms with Gasteiger partial charge in [0, 0.05) is 5.69 Å². The van der Waals surface area contributed by atoms with E-state index in [0.29, 0.717) is 10.8 Å². The molecule has 1 aromatic carbocycles. The quantitative estimate of drug-likeness (QED) is 0.837. The minimum absolute atomic E-state index is 0.447. The Balaban J connectivity index is 2.51. The molecule has 2 rings (SSSR count). The van der Waals surface area contributed by atoms with Gasteiger partial charge < -0.3 is 11.1 Å². The summed E-state index contributed by atoms with van der Waals surface area (Å²) in [5.41, 5.74) is 9.14. The maximum atomic E-state index is 11.5. The second kappa shape index (κ2) is 4.91. The number of benzene rings is 1. The van der Waals surface area contributed by atoms with Gasteiger partial charge in [-0.05, 0) is 31.0 Å². The molecule has 0 fully saturated rings. The van der Waals surface area contributed by atoms with Crippen LogP contribution >= 0.6 is 34.5 Å². The van der Waals surface area contributed by atoms with Gasteiger partial charge in [-0.1, -0.05) is 34.5 Å². The van der Waals surface area contributed by atoms with Gasteiger partial charge in [-0.2, -0.15) is 0 Å². The molecule has 0 aliphatic rings. The van der Waals surface area contributed by atoms with Gasteiger partial charge in [-0.3, -0.25) is 4.79 Å². The number of aryl methyl sites for hydroxylation is 1. The van der Waals surface area contributed by atoms with Crippen LogP contribution in [0.2, 0.25) is 0 Å². The first-order chi connectivity index (χ1) is 8.40. The molecule has 0 radical (unpaired) electrons. The van der Waals surface area contributed by atoms with Crippen LogP contribution in [0.4, 0.5) is 10.8 Å². The van der Waals surface area contributed by atoms with E-state index in [1.54, 1.807) is 0 Å². The van der Waals surface area contributed by atoms with Crippen LogP contribution in [0.25, 0.3) is 10.2 Å². The second-order valence-electron chi connectivity index (χ2n) is 3.86. The molecule has 3 N–H and O–H groups in total. The summed E-state index contributed by atoms with van der Waals surface area (Å²) in [7, 11) is 0. The van der Waals surface area contributed by atoms with E-state index in [-0.39, 0.29) is 0 Å². The molecule has 0 spiro atoms. The molecule has 1 aromatic heterocycles. The van der Waals surface area contributed by atoms with Crippen LogP contribution in [-0.4, -0.2) is 15.7 Å². The number of nitrogens with zero attached hydrogens (tertiary/aromatic N) is 1. The topological polar surface area (TPSA) is 68.0 Å². The molecule has 2 aromatic rings. The monoisotopic (exact) mass is 303 g/mol. The number of nitrogens with two attached hydrogens (primary N) is 1. The summed E-state index contributed by atoms with van der Waals surface area (Å²) >= 11 is 12.4. The third-order valence-corrected chi connectivity index (χ3v) is 3.95. The van der Waals surface area contributed by atoms with Gasteiger partial charge in [0.15, 0.2) is 9.97 Å². The SMILES string of the molecule is Cc1c(NC(=O)C(Cl)Cl)cc2sc(N)nc2c1C. The lowest BCUT2D eigenvalue weighted by molar-refractivity contribution is -0.114. The summed E-state index contributed by atoms with van der Waals surface area (Å²) in [6.07, 6.45) is 0. The highest BCUT2D eigenvalue weighted by atomic mass is 35.5. The summed E-state index contributed by atoms with van der Waals surface area (Å²) in [6.45, 7) is 3.84. The van der Waals surface area contributed by atoms with Crippen LogP contribution < -0.4 is 11.1 Å². The fourth-order valence-electron chi connectivity index (χ4n) is 1.65. The summed E-state index contributed by atoms with van der Waals surface area (Å²) in [4.78, 5) is 14.7. The van der Waals surface area contributed by atoms with Gasteiger partial charge in [-0.15, -0.1) is 0 Å². The predicted molar refractivity (Wildman–Crippen MR) is 77.6 cm³/mol. The Morgan fingerprint density at radius 3 is 2.72 bits per heavy atom. The molecular weight excluding hydrogens is 293 g/mol. The number of hydrogen-bond acceptors (Lipinski definition) is 4. The van der Waals surface area contributed by atoms with Crippen molar-refractivity contribution in [3.8, 4) is 0 Å². The number of fused-ring (bicyclic) bond motifs is 1. The van der Waals surface area contributed by atoms with E-state index in [1.165, 1.54) is 11.3 Å². The first-order valence-corrected chi connectivity index (χ1v) is 6.84. The normalized spacial score (nSPS) is 11.2. The van der Waals surface area contributed by atoms with Crippen molar-refractivity contribution in [1.82, 2.24) is 4.98 Å². The van der Waals surface area contributed by atoms with Gasteiger partial charge in [-0.25, -0.2) is 4.98 Å². The van der Waals surface area contributed by atoms with E-state index >= 15 is 0 Å². The van der Waals surface area contributed by atoms with Crippen LogP contribution in [0, 0.1) is 13.8 Å². The Labute approximate surface area is 118 Å². The molecule has 96 valence electrons. The molecule has 18 heavy (non-hydrogen) atoms. The molecule has 4 nitrogen and oxygen atoms in total. The number of alkyl halides is 2.